The molecule has 0 aromatic carbocycles. The number of hydrogen-bond donors (Lipinski definition) is 4. The van der Waals surface area contributed by atoms with E-state index < -0.39 is 0 Å². The zero-order valence-electron chi connectivity index (χ0n) is 11.1. The Labute approximate surface area is 119 Å². The topological polar surface area (TPSA) is 72.8 Å². The van der Waals surface area contributed by atoms with Crippen LogP contribution in [0.25, 0.3) is 0 Å². The molecule has 0 unspecified atom stereocenters. The maximum Gasteiger partial charge on any atom is 0.186 e. The Morgan fingerprint density at radius 3 is 1.39 bits per heavy atom. The first-order valence-corrected chi connectivity index (χ1v) is 6.49. The molecule has 0 radical (unpaired) electrons. The van der Waals surface area contributed by atoms with E-state index in [0.29, 0.717) is 10.2 Å². The fourth-order valence-corrected chi connectivity index (χ4v) is 1.13. The maximum atomic E-state index is 4.95. The summed E-state index contributed by atoms with van der Waals surface area (Å²) in [6.07, 6.45) is 1.50. The highest BCUT2D eigenvalue weighted by Gasteiger charge is 2.06. The molecule has 0 saturated carbocycles. The van der Waals surface area contributed by atoms with Gasteiger partial charge in [0.1, 0.15) is 0 Å². The lowest BCUT2D eigenvalue weighted by atomic mass is 10.1. The van der Waals surface area contributed by atoms with Crippen LogP contribution in [-0.4, -0.2) is 35.7 Å². The third-order valence-corrected chi connectivity index (χ3v) is 2.63. The average Bonchev–Trinajstić information content (AvgIpc) is 2.41. The lowest BCUT2D eigenvalue weighted by molar-refractivity contribution is 0.952. The molecule has 0 rings (SSSR count). The normalized spacial score (nSPS) is 11.8. The number of rotatable bonds is 5. The molecule has 0 spiro atoms. The Kier molecular flexibility index (Phi) is 9.03. The van der Waals surface area contributed by atoms with Gasteiger partial charge in [-0.3, -0.25) is 10.9 Å². The van der Waals surface area contributed by atoms with Gasteiger partial charge in [0.25, 0.3) is 0 Å². The van der Waals surface area contributed by atoms with E-state index >= 15 is 0 Å². The summed E-state index contributed by atoms with van der Waals surface area (Å²) in [6.45, 7) is 4.01. The fraction of sp³-hybridized carbons (Fsp3) is 0.600. The largest absolute Gasteiger partial charge is 0.364 e. The first kappa shape index (κ1) is 16.7. The summed E-state index contributed by atoms with van der Waals surface area (Å²) in [5.41, 5.74) is 7.17. The first-order chi connectivity index (χ1) is 8.58. The molecule has 102 valence electrons. The van der Waals surface area contributed by atoms with Crippen molar-refractivity contribution in [1.29, 1.82) is 0 Å². The first-order valence-electron chi connectivity index (χ1n) is 5.67. The quantitative estimate of drug-likeness (QED) is 0.339. The highest BCUT2D eigenvalue weighted by Crippen LogP contribution is 1.95. The lowest BCUT2D eigenvalue weighted by Crippen LogP contribution is -2.32. The summed E-state index contributed by atoms with van der Waals surface area (Å²) in [4.78, 5) is 0. The molecule has 8 heteroatoms. The summed E-state index contributed by atoms with van der Waals surface area (Å²) in [6, 6.07) is 0. The molecule has 0 aliphatic rings. The van der Waals surface area contributed by atoms with Crippen LogP contribution in [-0.2, 0) is 0 Å². The second-order valence-electron chi connectivity index (χ2n) is 3.21. The fourth-order valence-electron chi connectivity index (χ4n) is 1.04. The van der Waals surface area contributed by atoms with Gasteiger partial charge in [0.2, 0.25) is 0 Å². The lowest BCUT2D eigenvalue weighted by Gasteiger charge is -2.09. The minimum Gasteiger partial charge on any atom is -0.364 e. The van der Waals surface area contributed by atoms with Crippen molar-refractivity contribution < 1.29 is 0 Å². The van der Waals surface area contributed by atoms with Gasteiger partial charge in [0, 0.05) is 14.1 Å². The van der Waals surface area contributed by atoms with Gasteiger partial charge in [-0.2, -0.15) is 10.2 Å². The summed E-state index contributed by atoms with van der Waals surface area (Å²) in [5.74, 6) is 0. The van der Waals surface area contributed by atoms with E-state index in [1.807, 2.05) is 13.8 Å². The van der Waals surface area contributed by atoms with Crippen LogP contribution < -0.4 is 21.5 Å². The standard InChI is InChI=1S/C10H20N6S2/c1-5-7(13-15-9(17)11-3)8(6-2)14-16-10(18)12-4/h5-6H2,1-4H3,(H2,11,15,17)(H2,12,16,18)/b13-7+,14-8+. The van der Waals surface area contributed by atoms with Gasteiger partial charge in [-0.05, 0) is 37.3 Å². The molecule has 0 atom stereocenters. The molecule has 6 nitrogen and oxygen atoms in total. The van der Waals surface area contributed by atoms with Crippen molar-refractivity contribution >= 4 is 46.1 Å². The van der Waals surface area contributed by atoms with E-state index in [1.54, 1.807) is 14.1 Å². The molecule has 0 aliphatic carbocycles. The van der Waals surface area contributed by atoms with Crippen molar-refractivity contribution in [1.82, 2.24) is 21.5 Å². The van der Waals surface area contributed by atoms with Crippen molar-refractivity contribution in [2.75, 3.05) is 14.1 Å². The predicted octanol–water partition coefficient (Wildman–Crippen LogP) is 0.706. The van der Waals surface area contributed by atoms with Crippen LogP contribution in [0, 0.1) is 0 Å². The van der Waals surface area contributed by atoms with E-state index in [9.17, 15) is 0 Å². The second-order valence-corrected chi connectivity index (χ2v) is 4.02. The van der Waals surface area contributed by atoms with Gasteiger partial charge in [-0.15, -0.1) is 0 Å². The third kappa shape index (κ3) is 6.45. The molecule has 0 heterocycles. The van der Waals surface area contributed by atoms with Crippen molar-refractivity contribution in [2.45, 2.75) is 26.7 Å². The van der Waals surface area contributed by atoms with Crippen molar-refractivity contribution in [3.63, 3.8) is 0 Å². The Morgan fingerprint density at radius 1 is 0.833 bits per heavy atom. The Morgan fingerprint density at radius 2 is 1.17 bits per heavy atom. The molecule has 4 N–H and O–H groups in total. The minimum absolute atomic E-state index is 0.468. The zero-order chi connectivity index (χ0) is 14.0. The van der Waals surface area contributed by atoms with Gasteiger partial charge in [0.05, 0.1) is 11.4 Å². The van der Waals surface area contributed by atoms with Crippen LogP contribution in [0.4, 0.5) is 0 Å². The predicted molar refractivity (Wildman–Crippen MR) is 85.0 cm³/mol. The maximum absolute atomic E-state index is 4.95. The summed E-state index contributed by atoms with van der Waals surface area (Å²) in [5, 5.41) is 14.9. The zero-order valence-corrected chi connectivity index (χ0v) is 12.8. The number of thiocarbonyl (C=S) groups is 2. The van der Waals surface area contributed by atoms with Crippen molar-refractivity contribution in [2.24, 2.45) is 10.2 Å². The van der Waals surface area contributed by atoms with E-state index in [-0.39, 0.29) is 0 Å². The molecular formula is C10H20N6S2. The van der Waals surface area contributed by atoms with Crippen LogP contribution in [0.3, 0.4) is 0 Å². The van der Waals surface area contributed by atoms with Gasteiger partial charge in [0.15, 0.2) is 10.2 Å². The van der Waals surface area contributed by atoms with Gasteiger partial charge >= 0.3 is 0 Å². The van der Waals surface area contributed by atoms with Gasteiger partial charge in [-0.25, -0.2) is 0 Å². The highest BCUT2D eigenvalue weighted by atomic mass is 32.1. The summed E-state index contributed by atoms with van der Waals surface area (Å²) in [7, 11) is 3.47. The molecule has 0 aliphatic heterocycles. The number of nitrogens with one attached hydrogen (secondary N) is 4. The third-order valence-electron chi connectivity index (χ3n) is 2.04. The molecule has 0 saturated heterocycles. The van der Waals surface area contributed by atoms with Gasteiger partial charge in [-0.1, -0.05) is 13.8 Å². The Hall–Kier alpha value is -1.28. The van der Waals surface area contributed by atoms with Crippen LogP contribution >= 0.6 is 24.4 Å². The second kappa shape index (κ2) is 9.72. The summed E-state index contributed by atoms with van der Waals surface area (Å²) < 4.78 is 0. The molecular weight excluding hydrogens is 268 g/mol. The molecule has 0 amide bonds. The van der Waals surface area contributed by atoms with Crippen LogP contribution in [0.1, 0.15) is 26.7 Å². The Balaban J connectivity index is 4.75. The van der Waals surface area contributed by atoms with Crippen LogP contribution in [0.15, 0.2) is 10.2 Å². The number of nitrogens with zero attached hydrogens (tertiary/aromatic N) is 2. The van der Waals surface area contributed by atoms with E-state index in [4.69, 9.17) is 24.4 Å². The minimum atomic E-state index is 0.468. The molecule has 18 heavy (non-hydrogen) atoms. The van der Waals surface area contributed by atoms with E-state index in [0.717, 1.165) is 24.3 Å². The molecule has 0 fully saturated rings. The van der Waals surface area contributed by atoms with Crippen LogP contribution in [0.2, 0.25) is 0 Å². The van der Waals surface area contributed by atoms with E-state index in [2.05, 4.69) is 31.7 Å². The number of hydrazone groups is 2. The van der Waals surface area contributed by atoms with E-state index in [1.165, 1.54) is 0 Å². The highest BCUT2D eigenvalue weighted by molar-refractivity contribution is 7.80. The average molecular weight is 288 g/mol. The SMILES string of the molecule is CCC(=N\NC(=S)NC)/C(CC)=N/NC(=S)NC. The van der Waals surface area contributed by atoms with Gasteiger partial charge < -0.3 is 10.6 Å². The summed E-state index contributed by atoms with van der Waals surface area (Å²) >= 11 is 9.91. The van der Waals surface area contributed by atoms with Crippen molar-refractivity contribution in [3.8, 4) is 0 Å². The Bertz CT molecular complexity index is 316. The van der Waals surface area contributed by atoms with Crippen LogP contribution in [0.5, 0.6) is 0 Å². The smallest absolute Gasteiger partial charge is 0.186 e. The number of hydrogen-bond acceptors (Lipinski definition) is 4. The monoisotopic (exact) mass is 288 g/mol. The van der Waals surface area contributed by atoms with Crippen molar-refractivity contribution in [3.05, 3.63) is 0 Å². The molecule has 0 aromatic rings. The molecule has 0 bridgehead atoms. The molecule has 0 aromatic heterocycles.